The van der Waals surface area contributed by atoms with Gasteiger partial charge in [-0.05, 0) is 12.0 Å². The zero-order chi connectivity index (χ0) is 15.1. The van der Waals surface area contributed by atoms with Crippen LogP contribution in [0.3, 0.4) is 0 Å². The molecule has 21 heavy (non-hydrogen) atoms. The van der Waals surface area contributed by atoms with Crippen molar-refractivity contribution in [3.8, 4) is 6.07 Å². The Hall–Kier alpha value is -1.41. The molecule has 4 heteroatoms. The van der Waals surface area contributed by atoms with Crippen LogP contribution in [0.4, 0.5) is 0 Å². The molecule has 1 aliphatic heterocycles. The standard InChI is InChI=1S/C17H25N3O/c1-2-6-16(13-18)20-11-9-19(10-12-20)14-17(21)15-7-4-3-5-8-15/h3-5,7-8,16-17,21H,2,6,9-12,14H2,1H3. The minimum absolute atomic E-state index is 0.0520. The average Bonchev–Trinajstić information content (AvgIpc) is 2.54. The number of rotatable bonds is 6. The quantitative estimate of drug-likeness (QED) is 0.870. The first kappa shape index (κ1) is 16.0. The molecule has 0 aromatic heterocycles. The third-order valence-electron chi connectivity index (χ3n) is 4.17. The first-order valence-corrected chi connectivity index (χ1v) is 7.83. The van der Waals surface area contributed by atoms with Gasteiger partial charge in [0, 0.05) is 32.7 Å². The Bertz CT molecular complexity index is 449. The number of aliphatic hydroxyl groups is 1. The second-order valence-electron chi connectivity index (χ2n) is 5.70. The first-order valence-electron chi connectivity index (χ1n) is 7.83. The highest BCUT2D eigenvalue weighted by atomic mass is 16.3. The second kappa shape index (κ2) is 8.14. The second-order valence-corrected chi connectivity index (χ2v) is 5.70. The van der Waals surface area contributed by atoms with Crippen LogP contribution < -0.4 is 0 Å². The van der Waals surface area contributed by atoms with Crippen molar-refractivity contribution in [1.82, 2.24) is 9.80 Å². The summed E-state index contributed by atoms with van der Waals surface area (Å²) in [7, 11) is 0. The number of β-amino-alcohol motifs (C(OH)–C–C–N with tert-alkyl or cyclic N) is 1. The Morgan fingerprint density at radius 3 is 2.43 bits per heavy atom. The van der Waals surface area contributed by atoms with Crippen LogP contribution in [0.1, 0.15) is 31.4 Å². The molecule has 0 bridgehead atoms. The maximum Gasteiger partial charge on any atom is 0.0978 e. The van der Waals surface area contributed by atoms with Crippen molar-refractivity contribution >= 4 is 0 Å². The summed E-state index contributed by atoms with van der Waals surface area (Å²) in [5.74, 6) is 0. The molecule has 0 aliphatic carbocycles. The van der Waals surface area contributed by atoms with E-state index in [1.54, 1.807) is 0 Å². The van der Waals surface area contributed by atoms with E-state index >= 15 is 0 Å². The van der Waals surface area contributed by atoms with Crippen molar-refractivity contribution in [2.24, 2.45) is 0 Å². The van der Waals surface area contributed by atoms with Crippen molar-refractivity contribution in [2.75, 3.05) is 32.7 Å². The fourth-order valence-corrected chi connectivity index (χ4v) is 2.88. The molecule has 1 N–H and O–H groups in total. The monoisotopic (exact) mass is 287 g/mol. The van der Waals surface area contributed by atoms with Crippen LogP contribution >= 0.6 is 0 Å². The van der Waals surface area contributed by atoms with E-state index in [4.69, 9.17) is 0 Å². The molecule has 1 aromatic carbocycles. The highest BCUT2D eigenvalue weighted by molar-refractivity contribution is 5.17. The number of aliphatic hydroxyl groups excluding tert-OH is 1. The maximum atomic E-state index is 10.3. The predicted octanol–water partition coefficient (Wildman–Crippen LogP) is 2.03. The fourth-order valence-electron chi connectivity index (χ4n) is 2.88. The minimum atomic E-state index is -0.430. The average molecular weight is 287 g/mol. The normalized spacial score (nSPS) is 19.9. The molecular weight excluding hydrogens is 262 g/mol. The lowest BCUT2D eigenvalue weighted by molar-refractivity contribution is 0.0633. The summed E-state index contributed by atoms with van der Waals surface area (Å²) in [6, 6.07) is 12.3. The van der Waals surface area contributed by atoms with Gasteiger partial charge in [-0.15, -0.1) is 0 Å². The van der Waals surface area contributed by atoms with E-state index in [1.165, 1.54) is 0 Å². The molecule has 2 unspecified atom stereocenters. The molecule has 2 rings (SSSR count). The van der Waals surface area contributed by atoms with E-state index in [-0.39, 0.29) is 6.04 Å². The summed E-state index contributed by atoms with van der Waals surface area (Å²) < 4.78 is 0. The summed E-state index contributed by atoms with van der Waals surface area (Å²) in [4.78, 5) is 4.56. The van der Waals surface area contributed by atoms with E-state index in [9.17, 15) is 10.4 Å². The topological polar surface area (TPSA) is 50.5 Å². The van der Waals surface area contributed by atoms with Gasteiger partial charge in [-0.1, -0.05) is 43.7 Å². The van der Waals surface area contributed by atoms with E-state index in [0.29, 0.717) is 6.54 Å². The highest BCUT2D eigenvalue weighted by Gasteiger charge is 2.24. The molecule has 4 nitrogen and oxygen atoms in total. The van der Waals surface area contributed by atoms with Crippen LogP contribution in [0.15, 0.2) is 30.3 Å². The van der Waals surface area contributed by atoms with Gasteiger partial charge >= 0.3 is 0 Å². The van der Waals surface area contributed by atoms with Gasteiger partial charge in [-0.2, -0.15) is 5.26 Å². The Balaban J connectivity index is 1.80. The van der Waals surface area contributed by atoms with Crippen molar-refractivity contribution in [3.05, 3.63) is 35.9 Å². The Morgan fingerprint density at radius 1 is 1.19 bits per heavy atom. The van der Waals surface area contributed by atoms with Gasteiger partial charge < -0.3 is 5.11 Å². The lowest BCUT2D eigenvalue weighted by Crippen LogP contribution is -2.50. The minimum Gasteiger partial charge on any atom is -0.387 e. The van der Waals surface area contributed by atoms with Crippen LogP contribution in [0, 0.1) is 11.3 Å². The van der Waals surface area contributed by atoms with Gasteiger partial charge in [0.1, 0.15) is 0 Å². The van der Waals surface area contributed by atoms with Crippen LogP contribution in [-0.4, -0.2) is 53.7 Å². The summed E-state index contributed by atoms with van der Waals surface area (Å²) in [5.41, 5.74) is 0.973. The lowest BCUT2D eigenvalue weighted by Gasteiger charge is -2.37. The molecule has 1 aliphatic rings. The molecule has 0 spiro atoms. The number of hydrogen-bond donors (Lipinski definition) is 1. The zero-order valence-electron chi connectivity index (χ0n) is 12.8. The number of benzene rings is 1. The molecular formula is C17H25N3O. The Labute approximate surface area is 127 Å². The van der Waals surface area contributed by atoms with Crippen molar-refractivity contribution < 1.29 is 5.11 Å². The zero-order valence-corrected chi connectivity index (χ0v) is 12.8. The van der Waals surface area contributed by atoms with E-state index < -0.39 is 6.10 Å². The van der Waals surface area contributed by atoms with Crippen LogP contribution in [0.5, 0.6) is 0 Å². The Kier molecular flexibility index (Phi) is 6.19. The molecule has 0 radical (unpaired) electrons. The summed E-state index contributed by atoms with van der Waals surface area (Å²) in [5, 5.41) is 19.5. The lowest BCUT2D eigenvalue weighted by atomic mass is 10.1. The third-order valence-corrected chi connectivity index (χ3v) is 4.17. The van der Waals surface area contributed by atoms with Crippen LogP contribution in [0.2, 0.25) is 0 Å². The molecule has 1 saturated heterocycles. The molecule has 0 amide bonds. The van der Waals surface area contributed by atoms with E-state index in [1.807, 2.05) is 30.3 Å². The predicted molar refractivity (Wildman–Crippen MR) is 83.7 cm³/mol. The molecule has 1 fully saturated rings. The smallest absolute Gasteiger partial charge is 0.0978 e. The van der Waals surface area contributed by atoms with Gasteiger partial charge in [0.2, 0.25) is 0 Å². The van der Waals surface area contributed by atoms with Crippen molar-refractivity contribution in [3.63, 3.8) is 0 Å². The SMILES string of the molecule is CCCC(C#N)N1CCN(CC(O)c2ccccc2)CC1. The van der Waals surface area contributed by atoms with Crippen LogP contribution in [0.25, 0.3) is 0 Å². The van der Waals surface area contributed by atoms with Gasteiger partial charge in [0.25, 0.3) is 0 Å². The molecule has 1 heterocycles. The number of piperazine rings is 1. The van der Waals surface area contributed by atoms with Gasteiger partial charge in [-0.3, -0.25) is 9.80 Å². The summed E-state index contributed by atoms with van der Waals surface area (Å²) in [6.07, 6.45) is 1.56. The summed E-state index contributed by atoms with van der Waals surface area (Å²) >= 11 is 0. The molecule has 114 valence electrons. The molecule has 2 atom stereocenters. The fraction of sp³-hybridized carbons (Fsp3) is 0.588. The van der Waals surface area contributed by atoms with Crippen LogP contribution in [-0.2, 0) is 0 Å². The van der Waals surface area contributed by atoms with Gasteiger partial charge in [0.15, 0.2) is 0 Å². The van der Waals surface area contributed by atoms with E-state index in [0.717, 1.165) is 44.6 Å². The largest absolute Gasteiger partial charge is 0.387 e. The van der Waals surface area contributed by atoms with Crippen molar-refractivity contribution in [1.29, 1.82) is 5.26 Å². The Morgan fingerprint density at radius 2 is 1.86 bits per heavy atom. The van der Waals surface area contributed by atoms with E-state index in [2.05, 4.69) is 22.8 Å². The number of hydrogen-bond acceptors (Lipinski definition) is 4. The first-order chi connectivity index (χ1) is 10.2. The van der Waals surface area contributed by atoms with Gasteiger partial charge in [0.05, 0.1) is 18.2 Å². The number of nitriles is 1. The summed E-state index contributed by atoms with van der Waals surface area (Å²) in [6.45, 7) is 6.47. The van der Waals surface area contributed by atoms with Crippen molar-refractivity contribution in [2.45, 2.75) is 31.9 Å². The maximum absolute atomic E-state index is 10.3. The molecule has 0 saturated carbocycles. The van der Waals surface area contributed by atoms with Gasteiger partial charge in [-0.25, -0.2) is 0 Å². The highest BCUT2D eigenvalue weighted by Crippen LogP contribution is 2.16. The number of nitrogens with zero attached hydrogens (tertiary/aromatic N) is 3. The third kappa shape index (κ3) is 4.53. The molecule has 1 aromatic rings.